The molecule has 3 heteroatoms. The Morgan fingerprint density at radius 2 is 1.39 bits per heavy atom. The first-order valence-corrected chi connectivity index (χ1v) is 10.6. The molecule has 0 N–H and O–H groups in total. The van der Waals surface area contributed by atoms with Crippen molar-refractivity contribution in [1.82, 2.24) is 9.97 Å². The molecule has 5 aromatic rings. The van der Waals surface area contributed by atoms with Crippen molar-refractivity contribution < 1.29 is 20.1 Å². The first-order chi connectivity index (χ1) is 15.7. The predicted molar refractivity (Wildman–Crippen MR) is 132 cm³/mol. The predicted octanol–water partition coefficient (Wildman–Crippen LogP) is 7.38. The summed E-state index contributed by atoms with van der Waals surface area (Å²) >= 11 is 0. The van der Waals surface area contributed by atoms with Gasteiger partial charge in [0.2, 0.25) is 0 Å². The van der Waals surface area contributed by atoms with Gasteiger partial charge in [-0.25, -0.2) is 0 Å². The third-order valence-corrected chi connectivity index (χ3v) is 5.17. The Bertz CT molecular complexity index is 1270. The van der Waals surface area contributed by atoms with Crippen molar-refractivity contribution in [3.8, 4) is 33.6 Å². The molecule has 1 radical (unpaired) electrons. The van der Waals surface area contributed by atoms with Gasteiger partial charge in [0.15, 0.2) is 0 Å². The molecule has 0 spiro atoms. The molecule has 0 amide bonds. The number of hydrogen-bond donors (Lipinski definition) is 0. The maximum Gasteiger partial charge on any atom is 0.0242 e. The fraction of sp³-hybridized carbons (Fsp3) is 0.0667. The van der Waals surface area contributed by atoms with Gasteiger partial charge in [-0.2, -0.15) is 0 Å². The molecule has 0 unspecified atom stereocenters. The second kappa shape index (κ2) is 12.0. The van der Waals surface area contributed by atoms with Gasteiger partial charge in [0.25, 0.3) is 0 Å². The largest absolute Gasteiger partial charge is 0.305 e. The SMILES string of the molecule is Cc1cc(-c2[c-]cccc2)ncc1-c1ccccc1.Cc1ccc[c-]c1-c1ccccn1.[Ir]. The van der Waals surface area contributed by atoms with Crippen LogP contribution in [0.4, 0.5) is 0 Å². The van der Waals surface area contributed by atoms with E-state index in [0.29, 0.717) is 0 Å². The summed E-state index contributed by atoms with van der Waals surface area (Å²) in [5.74, 6) is 0. The van der Waals surface area contributed by atoms with E-state index in [0.717, 1.165) is 22.5 Å². The van der Waals surface area contributed by atoms with E-state index in [1.165, 1.54) is 22.3 Å². The number of pyridine rings is 2. The van der Waals surface area contributed by atoms with Crippen LogP contribution in [0.1, 0.15) is 11.1 Å². The molecule has 2 aromatic heterocycles. The van der Waals surface area contributed by atoms with E-state index in [-0.39, 0.29) is 20.1 Å². The summed E-state index contributed by atoms with van der Waals surface area (Å²) in [5, 5.41) is 0. The Hall–Kier alpha value is -3.39. The van der Waals surface area contributed by atoms with Crippen molar-refractivity contribution >= 4 is 0 Å². The number of rotatable bonds is 3. The van der Waals surface area contributed by atoms with Gasteiger partial charge in [0.05, 0.1) is 0 Å². The fourth-order valence-electron chi connectivity index (χ4n) is 3.48. The van der Waals surface area contributed by atoms with Gasteiger partial charge in [-0.1, -0.05) is 55.5 Å². The maximum absolute atomic E-state index is 4.55. The minimum atomic E-state index is 0. The van der Waals surface area contributed by atoms with E-state index in [9.17, 15) is 0 Å². The second-order valence-electron chi connectivity index (χ2n) is 7.47. The molecule has 5 rings (SSSR count). The summed E-state index contributed by atoms with van der Waals surface area (Å²) in [4.78, 5) is 8.83. The summed E-state index contributed by atoms with van der Waals surface area (Å²) < 4.78 is 0. The van der Waals surface area contributed by atoms with Crippen LogP contribution in [0, 0.1) is 26.0 Å². The van der Waals surface area contributed by atoms with Crippen molar-refractivity contribution in [2.24, 2.45) is 0 Å². The second-order valence-corrected chi connectivity index (χ2v) is 7.47. The molecule has 33 heavy (non-hydrogen) atoms. The Morgan fingerprint density at radius 1 is 0.636 bits per heavy atom. The fourth-order valence-corrected chi connectivity index (χ4v) is 3.48. The average Bonchev–Trinajstić information content (AvgIpc) is 2.86. The molecule has 0 atom stereocenters. The van der Waals surface area contributed by atoms with E-state index in [1.807, 2.05) is 79.0 Å². The zero-order valence-electron chi connectivity index (χ0n) is 18.6. The summed E-state index contributed by atoms with van der Waals surface area (Å²) in [6.07, 6.45) is 3.75. The van der Waals surface area contributed by atoms with Crippen LogP contribution < -0.4 is 0 Å². The monoisotopic (exact) mass is 605 g/mol. The molecule has 2 heterocycles. The van der Waals surface area contributed by atoms with Crippen LogP contribution in [0.3, 0.4) is 0 Å². The first kappa shape index (κ1) is 24.3. The van der Waals surface area contributed by atoms with Gasteiger partial charge < -0.3 is 9.97 Å². The van der Waals surface area contributed by atoms with E-state index in [1.54, 1.807) is 6.20 Å². The van der Waals surface area contributed by atoms with Crippen LogP contribution in [0.25, 0.3) is 33.6 Å². The van der Waals surface area contributed by atoms with E-state index in [2.05, 4.69) is 60.2 Å². The number of nitrogens with zero attached hydrogens (tertiary/aromatic N) is 2. The van der Waals surface area contributed by atoms with Crippen molar-refractivity contribution in [2.75, 3.05) is 0 Å². The molecule has 165 valence electrons. The molecule has 0 bridgehead atoms. The standard InChI is InChI=1S/C18H14N.C12H10N.Ir/c1-14-12-18(16-10-6-3-7-11-16)19-13-17(14)15-8-4-2-5-9-15;1-10-6-2-3-7-11(10)12-8-4-5-9-13-12;/h2-10,12-13H,1H3;2-6,8-9H,1H3;/q2*-1;. The van der Waals surface area contributed by atoms with Gasteiger partial charge in [-0.05, 0) is 35.5 Å². The Balaban J connectivity index is 0.000000192. The number of hydrogen-bond acceptors (Lipinski definition) is 2. The van der Waals surface area contributed by atoms with Crippen molar-refractivity contribution in [1.29, 1.82) is 0 Å². The molecule has 0 aliphatic rings. The molecular formula is C30H24IrN2-2. The van der Waals surface area contributed by atoms with Crippen LogP contribution in [0.15, 0.2) is 109 Å². The van der Waals surface area contributed by atoms with Gasteiger partial charge >= 0.3 is 0 Å². The van der Waals surface area contributed by atoms with Crippen LogP contribution in [-0.2, 0) is 20.1 Å². The topological polar surface area (TPSA) is 25.8 Å². The molecule has 0 fully saturated rings. The number of benzene rings is 3. The van der Waals surface area contributed by atoms with Crippen molar-refractivity contribution in [2.45, 2.75) is 13.8 Å². The molecule has 0 saturated carbocycles. The van der Waals surface area contributed by atoms with Crippen molar-refractivity contribution in [3.05, 3.63) is 133 Å². The minimum absolute atomic E-state index is 0. The Labute approximate surface area is 209 Å². The van der Waals surface area contributed by atoms with Gasteiger partial charge in [0, 0.05) is 38.1 Å². The smallest absolute Gasteiger partial charge is 0.0242 e. The molecule has 0 aliphatic heterocycles. The van der Waals surface area contributed by atoms with Gasteiger partial charge in [-0.15, -0.1) is 71.3 Å². The van der Waals surface area contributed by atoms with Gasteiger partial charge in [0.1, 0.15) is 0 Å². The molecule has 2 nitrogen and oxygen atoms in total. The van der Waals surface area contributed by atoms with E-state index in [4.69, 9.17) is 0 Å². The molecule has 0 aliphatic carbocycles. The summed E-state index contributed by atoms with van der Waals surface area (Å²) in [7, 11) is 0. The first-order valence-electron chi connectivity index (χ1n) is 10.6. The zero-order chi connectivity index (χ0) is 22.2. The Kier molecular flexibility index (Phi) is 8.83. The molecule has 0 saturated heterocycles. The molecule has 3 aromatic carbocycles. The van der Waals surface area contributed by atoms with Crippen LogP contribution >= 0.6 is 0 Å². The minimum Gasteiger partial charge on any atom is -0.305 e. The van der Waals surface area contributed by atoms with E-state index >= 15 is 0 Å². The van der Waals surface area contributed by atoms with E-state index < -0.39 is 0 Å². The summed E-state index contributed by atoms with van der Waals surface area (Å²) in [6.45, 7) is 4.19. The third-order valence-electron chi connectivity index (χ3n) is 5.17. The number of aromatic nitrogens is 2. The summed E-state index contributed by atoms with van der Waals surface area (Å²) in [6, 6.07) is 38.7. The zero-order valence-corrected chi connectivity index (χ0v) is 21.0. The summed E-state index contributed by atoms with van der Waals surface area (Å²) in [5.41, 5.74) is 8.90. The van der Waals surface area contributed by atoms with Crippen molar-refractivity contribution in [3.63, 3.8) is 0 Å². The van der Waals surface area contributed by atoms with Gasteiger partial charge in [-0.3, -0.25) is 0 Å². The van der Waals surface area contributed by atoms with Crippen LogP contribution in [0.2, 0.25) is 0 Å². The normalized spacial score (nSPS) is 9.88. The quantitative estimate of drug-likeness (QED) is 0.201. The molecular weight excluding hydrogens is 581 g/mol. The van der Waals surface area contributed by atoms with Crippen LogP contribution in [0.5, 0.6) is 0 Å². The number of aryl methyl sites for hydroxylation is 2. The Morgan fingerprint density at radius 3 is 2.06 bits per heavy atom. The maximum atomic E-state index is 4.55. The third kappa shape index (κ3) is 6.32. The van der Waals surface area contributed by atoms with Crippen LogP contribution in [-0.4, -0.2) is 9.97 Å². The average molecular weight is 605 g/mol.